The van der Waals surface area contributed by atoms with E-state index in [1.54, 1.807) is 0 Å². The van der Waals surface area contributed by atoms with Crippen LogP contribution in [0.15, 0.2) is 10.6 Å². The molecule has 21 heavy (non-hydrogen) atoms. The minimum absolute atomic E-state index is 0.0998. The number of hydrogen-bond donors (Lipinski definition) is 1. The van der Waals surface area contributed by atoms with Crippen molar-refractivity contribution in [2.45, 2.75) is 58.3 Å². The summed E-state index contributed by atoms with van der Waals surface area (Å²) >= 11 is 0. The zero-order valence-corrected chi connectivity index (χ0v) is 14.1. The van der Waals surface area contributed by atoms with Crippen LogP contribution in [0.25, 0.3) is 0 Å². The predicted octanol–water partition coefficient (Wildman–Crippen LogP) is 2.09. The quantitative estimate of drug-likeness (QED) is 0.901. The van der Waals surface area contributed by atoms with Crippen molar-refractivity contribution in [1.29, 1.82) is 0 Å². The Morgan fingerprint density at radius 3 is 2.90 bits per heavy atom. The van der Waals surface area contributed by atoms with Crippen LogP contribution in [-0.2, 0) is 13.1 Å². The third-order valence-electron chi connectivity index (χ3n) is 4.04. The van der Waals surface area contributed by atoms with E-state index in [0.29, 0.717) is 6.04 Å². The molecule has 1 N–H and O–H groups in total. The monoisotopic (exact) mass is 294 g/mol. The summed E-state index contributed by atoms with van der Waals surface area (Å²) in [4.78, 5) is 4.79. The summed E-state index contributed by atoms with van der Waals surface area (Å²) in [6, 6.07) is 2.69. The third kappa shape index (κ3) is 5.41. The van der Waals surface area contributed by atoms with E-state index in [2.05, 4.69) is 61.2 Å². The first-order chi connectivity index (χ1) is 9.83. The number of likely N-dealkylation sites (tertiary alicyclic amines) is 1. The van der Waals surface area contributed by atoms with Crippen molar-refractivity contribution >= 4 is 0 Å². The summed E-state index contributed by atoms with van der Waals surface area (Å²) in [6.07, 6.45) is 2.55. The van der Waals surface area contributed by atoms with Crippen LogP contribution in [0.2, 0.25) is 0 Å². The van der Waals surface area contributed by atoms with Gasteiger partial charge in [-0.1, -0.05) is 5.16 Å². The molecule has 1 aliphatic heterocycles. The van der Waals surface area contributed by atoms with Crippen molar-refractivity contribution in [2.75, 3.05) is 27.2 Å². The number of likely N-dealkylation sites (N-methyl/N-ethyl adjacent to an activating group) is 2. The molecule has 0 saturated carbocycles. The van der Waals surface area contributed by atoms with Crippen molar-refractivity contribution in [3.8, 4) is 0 Å². The van der Waals surface area contributed by atoms with Gasteiger partial charge in [0.1, 0.15) is 0 Å². The molecule has 0 aliphatic carbocycles. The second-order valence-corrected chi connectivity index (χ2v) is 7.36. The molecule has 1 atom stereocenters. The van der Waals surface area contributed by atoms with Crippen LogP contribution in [0.4, 0.5) is 0 Å². The number of nitrogens with one attached hydrogen (secondary N) is 1. The number of aromatic nitrogens is 1. The van der Waals surface area contributed by atoms with Gasteiger partial charge >= 0.3 is 0 Å². The van der Waals surface area contributed by atoms with E-state index in [4.69, 9.17) is 4.52 Å². The first-order valence-corrected chi connectivity index (χ1v) is 7.92. The van der Waals surface area contributed by atoms with E-state index in [1.807, 2.05) is 0 Å². The van der Waals surface area contributed by atoms with E-state index in [-0.39, 0.29) is 5.54 Å². The largest absolute Gasteiger partial charge is 0.360 e. The molecule has 0 spiro atoms. The number of hydrogen-bond acceptors (Lipinski definition) is 5. The Hall–Kier alpha value is -0.910. The van der Waals surface area contributed by atoms with Gasteiger partial charge in [-0.3, -0.25) is 4.90 Å². The summed E-state index contributed by atoms with van der Waals surface area (Å²) in [5.41, 5.74) is 1.08. The van der Waals surface area contributed by atoms with E-state index in [0.717, 1.165) is 31.1 Å². The minimum Gasteiger partial charge on any atom is -0.360 e. The maximum atomic E-state index is 5.47. The van der Waals surface area contributed by atoms with Crippen LogP contribution in [0, 0.1) is 0 Å². The zero-order valence-electron chi connectivity index (χ0n) is 14.1. The predicted molar refractivity (Wildman–Crippen MR) is 85.1 cm³/mol. The molecule has 2 heterocycles. The first-order valence-electron chi connectivity index (χ1n) is 7.92. The van der Waals surface area contributed by atoms with Crippen molar-refractivity contribution in [1.82, 2.24) is 20.3 Å². The fraction of sp³-hybridized carbons (Fsp3) is 0.812. The molecule has 0 radical (unpaired) electrons. The van der Waals surface area contributed by atoms with Crippen LogP contribution in [0.5, 0.6) is 0 Å². The van der Waals surface area contributed by atoms with Crippen molar-refractivity contribution in [3.63, 3.8) is 0 Å². The summed E-state index contributed by atoms with van der Waals surface area (Å²) in [7, 11) is 4.38. The minimum atomic E-state index is 0.0998. The number of rotatable bonds is 5. The second kappa shape index (κ2) is 6.90. The zero-order chi connectivity index (χ0) is 15.5. The molecule has 0 amide bonds. The Bertz CT molecular complexity index is 438. The lowest BCUT2D eigenvalue weighted by atomic mass is 10.1. The molecule has 120 valence electrons. The average molecular weight is 294 g/mol. The number of piperidine rings is 1. The Kier molecular flexibility index (Phi) is 5.41. The Morgan fingerprint density at radius 1 is 1.48 bits per heavy atom. The normalized spacial score (nSPS) is 21.1. The van der Waals surface area contributed by atoms with Crippen LogP contribution in [0.1, 0.15) is 45.1 Å². The van der Waals surface area contributed by atoms with Gasteiger partial charge in [0.05, 0.1) is 12.2 Å². The molecule has 5 heteroatoms. The molecular weight excluding hydrogens is 264 g/mol. The first kappa shape index (κ1) is 16.5. The summed E-state index contributed by atoms with van der Waals surface area (Å²) in [6.45, 7) is 10.4. The molecular formula is C16H30N4O. The van der Waals surface area contributed by atoms with Gasteiger partial charge in [0.25, 0.3) is 0 Å². The Balaban J connectivity index is 1.84. The van der Waals surface area contributed by atoms with Gasteiger partial charge in [-0.15, -0.1) is 0 Å². The topological polar surface area (TPSA) is 44.5 Å². The number of nitrogens with zero attached hydrogens (tertiary/aromatic N) is 3. The van der Waals surface area contributed by atoms with Crippen molar-refractivity contribution < 1.29 is 4.52 Å². The lowest BCUT2D eigenvalue weighted by Crippen LogP contribution is -2.44. The highest BCUT2D eigenvalue weighted by Gasteiger charge is 2.22. The fourth-order valence-corrected chi connectivity index (χ4v) is 2.74. The molecule has 0 bridgehead atoms. The SMILES string of the molecule is CN1CCCC(N(C)Cc2cc(CNC(C)(C)C)no2)C1. The van der Waals surface area contributed by atoms with Gasteiger partial charge < -0.3 is 14.7 Å². The molecule has 1 fully saturated rings. The van der Waals surface area contributed by atoms with Crippen LogP contribution in [-0.4, -0.2) is 53.7 Å². The molecule has 0 aromatic carbocycles. The molecule has 1 aromatic heterocycles. The van der Waals surface area contributed by atoms with Gasteiger partial charge in [0.2, 0.25) is 0 Å². The smallest absolute Gasteiger partial charge is 0.151 e. The average Bonchev–Trinajstić information content (AvgIpc) is 2.83. The lowest BCUT2D eigenvalue weighted by molar-refractivity contribution is 0.121. The highest BCUT2D eigenvalue weighted by atomic mass is 16.5. The second-order valence-electron chi connectivity index (χ2n) is 7.36. The highest BCUT2D eigenvalue weighted by molar-refractivity contribution is 5.05. The van der Waals surface area contributed by atoms with Gasteiger partial charge in [-0.05, 0) is 54.3 Å². The molecule has 1 aliphatic rings. The Labute approximate surface area is 128 Å². The molecule has 1 unspecified atom stereocenters. The fourth-order valence-electron chi connectivity index (χ4n) is 2.74. The molecule has 5 nitrogen and oxygen atoms in total. The summed E-state index contributed by atoms with van der Waals surface area (Å²) in [5, 5.41) is 7.59. The van der Waals surface area contributed by atoms with Gasteiger partial charge in [0.15, 0.2) is 5.76 Å². The molecule has 1 aromatic rings. The maximum absolute atomic E-state index is 5.47. The van der Waals surface area contributed by atoms with E-state index in [1.165, 1.54) is 19.4 Å². The Morgan fingerprint density at radius 2 is 2.24 bits per heavy atom. The standard InChI is InChI=1S/C16H30N4O/c1-16(2,3)17-10-13-9-15(21-18-13)12-20(5)14-7-6-8-19(4)11-14/h9,14,17H,6-8,10-12H2,1-5H3. The molecule has 1 saturated heterocycles. The van der Waals surface area contributed by atoms with Crippen LogP contribution in [0.3, 0.4) is 0 Å². The van der Waals surface area contributed by atoms with Crippen molar-refractivity contribution in [3.05, 3.63) is 17.5 Å². The van der Waals surface area contributed by atoms with Gasteiger partial charge in [-0.2, -0.15) is 0 Å². The summed E-state index contributed by atoms with van der Waals surface area (Å²) < 4.78 is 5.47. The van der Waals surface area contributed by atoms with Crippen LogP contribution < -0.4 is 5.32 Å². The van der Waals surface area contributed by atoms with E-state index in [9.17, 15) is 0 Å². The summed E-state index contributed by atoms with van der Waals surface area (Å²) in [5.74, 6) is 0.955. The van der Waals surface area contributed by atoms with E-state index < -0.39 is 0 Å². The molecule has 2 rings (SSSR count). The maximum Gasteiger partial charge on any atom is 0.151 e. The van der Waals surface area contributed by atoms with Gasteiger partial charge in [-0.25, -0.2) is 0 Å². The van der Waals surface area contributed by atoms with E-state index >= 15 is 0 Å². The van der Waals surface area contributed by atoms with Gasteiger partial charge in [0, 0.05) is 30.7 Å². The lowest BCUT2D eigenvalue weighted by Gasteiger charge is -2.35. The van der Waals surface area contributed by atoms with Crippen molar-refractivity contribution in [2.24, 2.45) is 0 Å². The highest BCUT2D eigenvalue weighted by Crippen LogP contribution is 2.16. The third-order valence-corrected chi connectivity index (χ3v) is 4.04. The van der Waals surface area contributed by atoms with Crippen LogP contribution >= 0.6 is 0 Å².